The van der Waals surface area contributed by atoms with Gasteiger partial charge in [0.2, 0.25) is 0 Å². The third-order valence-electron chi connectivity index (χ3n) is 3.27. The van der Waals surface area contributed by atoms with Crippen LogP contribution in [-0.2, 0) is 24.2 Å². The summed E-state index contributed by atoms with van der Waals surface area (Å²) in [6.07, 6.45) is 3.73. The van der Waals surface area contributed by atoms with Crippen molar-refractivity contribution in [2.75, 3.05) is 18.2 Å². The van der Waals surface area contributed by atoms with Crippen LogP contribution < -0.4 is 5.32 Å². The fraction of sp³-hybridized carbons (Fsp3) is 0.111. The molecule has 0 atom stereocenters. The molecule has 0 saturated heterocycles. The van der Waals surface area contributed by atoms with E-state index in [1.54, 1.807) is 18.2 Å². The van der Waals surface area contributed by atoms with Crippen LogP contribution in [0.3, 0.4) is 0 Å². The number of rotatable bonds is 6. The quantitative estimate of drug-likeness (QED) is 0.561. The lowest BCUT2D eigenvalue weighted by Gasteiger charge is -2.06. The van der Waals surface area contributed by atoms with Crippen molar-refractivity contribution < 1.29 is 22.7 Å². The molecule has 2 aromatic rings. The lowest BCUT2D eigenvalue weighted by molar-refractivity contribution is -0.142. The van der Waals surface area contributed by atoms with E-state index in [4.69, 9.17) is 27.9 Å². The zero-order chi connectivity index (χ0) is 20.0. The first-order chi connectivity index (χ1) is 12.6. The Hall–Kier alpha value is -2.35. The average Bonchev–Trinajstić information content (AvgIpc) is 2.60. The summed E-state index contributed by atoms with van der Waals surface area (Å²) < 4.78 is 27.6. The Bertz CT molecular complexity index is 985. The van der Waals surface area contributed by atoms with E-state index in [9.17, 15) is 18.0 Å². The summed E-state index contributed by atoms with van der Waals surface area (Å²) in [6.45, 7) is -0.488. The standard InChI is InChI=1S/C18H15Cl2NO5S/c1-27(24,25)14-6-4-13(5-7-14)21-17(22)11-26-18(23)9-3-12-2-8-15(19)16(20)10-12/h2-10H,11H2,1H3,(H,21,22)/b9-3+. The van der Waals surface area contributed by atoms with Crippen LogP contribution in [0.25, 0.3) is 6.08 Å². The van der Waals surface area contributed by atoms with E-state index in [0.717, 1.165) is 12.3 Å². The first-order valence-electron chi connectivity index (χ1n) is 7.55. The molecule has 2 aromatic carbocycles. The molecule has 0 radical (unpaired) electrons. The molecule has 0 aliphatic heterocycles. The van der Waals surface area contributed by atoms with E-state index in [-0.39, 0.29) is 4.90 Å². The van der Waals surface area contributed by atoms with Crippen molar-refractivity contribution in [3.05, 3.63) is 64.1 Å². The van der Waals surface area contributed by atoms with Gasteiger partial charge in [-0.1, -0.05) is 29.3 Å². The maximum atomic E-state index is 11.8. The normalized spacial score (nSPS) is 11.4. The highest BCUT2D eigenvalue weighted by Crippen LogP contribution is 2.23. The third-order valence-corrected chi connectivity index (χ3v) is 5.13. The van der Waals surface area contributed by atoms with Crippen LogP contribution in [0.1, 0.15) is 5.56 Å². The predicted octanol–water partition coefficient (Wildman–Crippen LogP) is 3.59. The van der Waals surface area contributed by atoms with Crippen LogP contribution in [-0.4, -0.2) is 33.2 Å². The van der Waals surface area contributed by atoms with Crippen LogP contribution in [0.4, 0.5) is 5.69 Å². The highest BCUT2D eigenvalue weighted by molar-refractivity contribution is 7.90. The van der Waals surface area contributed by atoms with E-state index in [1.165, 1.54) is 30.3 Å². The van der Waals surface area contributed by atoms with E-state index < -0.39 is 28.3 Å². The number of carbonyl (C=O) groups excluding carboxylic acids is 2. The lowest BCUT2D eigenvalue weighted by atomic mass is 10.2. The van der Waals surface area contributed by atoms with Crippen molar-refractivity contribution in [2.24, 2.45) is 0 Å². The number of anilines is 1. The van der Waals surface area contributed by atoms with Crippen molar-refractivity contribution in [1.82, 2.24) is 0 Å². The molecule has 1 amide bonds. The molecule has 0 aromatic heterocycles. The minimum absolute atomic E-state index is 0.138. The monoisotopic (exact) mass is 427 g/mol. The molecule has 0 bridgehead atoms. The second-order valence-electron chi connectivity index (χ2n) is 5.46. The van der Waals surface area contributed by atoms with Gasteiger partial charge >= 0.3 is 5.97 Å². The van der Waals surface area contributed by atoms with E-state index in [0.29, 0.717) is 21.3 Å². The number of esters is 1. The number of hydrogen-bond donors (Lipinski definition) is 1. The Morgan fingerprint density at radius 3 is 2.33 bits per heavy atom. The number of ether oxygens (including phenoxy) is 1. The summed E-state index contributed by atoms with van der Waals surface area (Å²) in [5.41, 5.74) is 1.03. The van der Waals surface area contributed by atoms with Crippen LogP contribution in [0.2, 0.25) is 10.0 Å². The maximum absolute atomic E-state index is 11.8. The van der Waals surface area contributed by atoms with E-state index in [2.05, 4.69) is 5.32 Å². The van der Waals surface area contributed by atoms with Gasteiger partial charge in [0.1, 0.15) is 0 Å². The zero-order valence-electron chi connectivity index (χ0n) is 14.1. The molecule has 142 valence electrons. The van der Waals surface area contributed by atoms with Crippen LogP contribution in [0.5, 0.6) is 0 Å². The molecule has 0 fully saturated rings. The number of carbonyl (C=O) groups is 2. The van der Waals surface area contributed by atoms with Gasteiger partial charge in [-0.3, -0.25) is 4.79 Å². The number of hydrogen-bond acceptors (Lipinski definition) is 5. The maximum Gasteiger partial charge on any atom is 0.331 e. The smallest absolute Gasteiger partial charge is 0.331 e. The first kappa shape index (κ1) is 21.0. The second kappa shape index (κ2) is 9.03. The minimum Gasteiger partial charge on any atom is -0.452 e. The van der Waals surface area contributed by atoms with Gasteiger partial charge in [-0.15, -0.1) is 0 Å². The minimum atomic E-state index is -3.31. The third kappa shape index (κ3) is 6.71. The Morgan fingerprint density at radius 2 is 1.74 bits per heavy atom. The Labute approximate surface area is 166 Å². The summed E-state index contributed by atoms with van der Waals surface area (Å²) in [6, 6.07) is 10.5. The van der Waals surface area contributed by atoms with Crippen molar-refractivity contribution in [2.45, 2.75) is 4.90 Å². The molecule has 0 aliphatic carbocycles. The van der Waals surface area contributed by atoms with Gasteiger partial charge in [-0.05, 0) is 48.0 Å². The van der Waals surface area contributed by atoms with Gasteiger partial charge in [0.15, 0.2) is 16.4 Å². The van der Waals surface area contributed by atoms with E-state index in [1.807, 2.05) is 0 Å². The molecule has 0 unspecified atom stereocenters. The van der Waals surface area contributed by atoms with Gasteiger partial charge in [0, 0.05) is 18.0 Å². The van der Waals surface area contributed by atoms with Gasteiger partial charge < -0.3 is 10.1 Å². The fourth-order valence-corrected chi connectivity index (χ4v) is 2.88. The van der Waals surface area contributed by atoms with Crippen molar-refractivity contribution in [3.63, 3.8) is 0 Å². The summed E-state index contributed by atoms with van der Waals surface area (Å²) in [5.74, 6) is -1.26. The fourth-order valence-electron chi connectivity index (χ4n) is 1.95. The first-order valence-corrected chi connectivity index (χ1v) is 10.2. The van der Waals surface area contributed by atoms with Crippen LogP contribution >= 0.6 is 23.2 Å². The Balaban J connectivity index is 1.84. The molecule has 2 rings (SSSR count). The van der Waals surface area contributed by atoms with E-state index >= 15 is 0 Å². The number of halogens is 2. The summed E-state index contributed by atoms with van der Waals surface area (Å²) in [5, 5.41) is 3.25. The number of nitrogens with one attached hydrogen (secondary N) is 1. The van der Waals surface area contributed by atoms with Gasteiger partial charge in [0.05, 0.1) is 14.9 Å². The molecule has 1 N–H and O–H groups in total. The number of amides is 1. The second-order valence-corrected chi connectivity index (χ2v) is 8.29. The Morgan fingerprint density at radius 1 is 1.07 bits per heavy atom. The molecule has 0 saturated carbocycles. The average molecular weight is 428 g/mol. The highest BCUT2D eigenvalue weighted by Gasteiger charge is 2.09. The van der Waals surface area contributed by atoms with Crippen molar-refractivity contribution >= 4 is 56.7 Å². The Kier molecular flexibility index (Phi) is 7.01. The molecule has 0 aliphatic rings. The predicted molar refractivity (Wildman–Crippen MR) is 105 cm³/mol. The van der Waals surface area contributed by atoms with Gasteiger partial charge in [0.25, 0.3) is 5.91 Å². The molecule has 0 spiro atoms. The topological polar surface area (TPSA) is 89.5 Å². The molecule has 0 heterocycles. The van der Waals surface area contributed by atoms with Crippen LogP contribution in [0.15, 0.2) is 53.4 Å². The number of benzene rings is 2. The molecule has 27 heavy (non-hydrogen) atoms. The van der Waals surface area contributed by atoms with Crippen molar-refractivity contribution in [1.29, 1.82) is 0 Å². The van der Waals surface area contributed by atoms with Gasteiger partial charge in [-0.2, -0.15) is 0 Å². The van der Waals surface area contributed by atoms with Crippen LogP contribution in [0, 0.1) is 0 Å². The largest absolute Gasteiger partial charge is 0.452 e. The highest BCUT2D eigenvalue weighted by atomic mass is 35.5. The number of sulfone groups is 1. The molecular weight excluding hydrogens is 413 g/mol. The molecular formula is C18H15Cl2NO5S. The van der Waals surface area contributed by atoms with Crippen molar-refractivity contribution in [3.8, 4) is 0 Å². The SMILES string of the molecule is CS(=O)(=O)c1ccc(NC(=O)COC(=O)/C=C/c2ccc(Cl)c(Cl)c2)cc1. The van der Waals surface area contributed by atoms with Gasteiger partial charge in [-0.25, -0.2) is 13.2 Å². The zero-order valence-corrected chi connectivity index (χ0v) is 16.4. The molecule has 6 nitrogen and oxygen atoms in total. The molecule has 9 heteroatoms. The lowest BCUT2D eigenvalue weighted by Crippen LogP contribution is -2.20. The summed E-state index contributed by atoms with van der Waals surface area (Å²) in [7, 11) is -3.31. The summed E-state index contributed by atoms with van der Waals surface area (Å²) in [4.78, 5) is 23.6. The summed E-state index contributed by atoms with van der Waals surface area (Å²) >= 11 is 11.7.